The van der Waals surface area contributed by atoms with E-state index >= 15 is 0 Å². The van der Waals surface area contributed by atoms with Crippen molar-refractivity contribution in [2.24, 2.45) is 40.4 Å². The Labute approximate surface area is 203 Å². The van der Waals surface area contributed by atoms with Crippen molar-refractivity contribution in [3.05, 3.63) is 0 Å². The summed E-state index contributed by atoms with van der Waals surface area (Å²) in [6, 6.07) is 0. The molecule has 5 rings (SSSR count). The molecule has 0 radical (unpaired) electrons. The van der Waals surface area contributed by atoms with E-state index in [4.69, 9.17) is 25.5 Å². The number of carboxylic acid groups (broad SMARTS) is 1. The fraction of sp³-hybridized carbons (Fsp3) is 0.963. The number of hydrogen-bond acceptors (Lipinski definition) is 6. The van der Waals surface area contributed by atoms with Crippen LogP contribution in [0.4, 0.5) is 0 Å². The largest absolute Gasteiger partial charge is 0.479 e. The topological polar surface area (TPSA) is 127 Å². The minimum atomic E-state index is -1.81. The molecule has 0 aromatic heterocycles. The molecule has 5 aliphatic rings. The molecule has 196 valence electrons. The van der Waals surface area contributed by atoms with Gasteiger partial charge in [0.15, 0.2) is 12.4 Å². The number of rotatable bonds is 2. The summed E-state index contributed by atoms with van der Waals surface area (Å²) in [6.07, 6.45) is 8.26. The van der Waals surface area contributed by atoms with Gasteiger partial charge >= 0.3 is 5.97 Å². The highest BCUT2D eigenvalue weighted by Gasteiger charge is 2.59. The first-order chi connectivity index (χ1) is 16.0. The van der Waals surface area contributed by atoms with Crippen LogP contribution in [0.15, 0.2) is 0 Å². The normalized spacial score (nSPS) is 52.4. The van der Waals surface area contributed by atoms with Gasteiger partial charge in [0, 0.05) is 0 Å². The Kier molecular flexibility index (Phi) is 7.72. The summed E-state index contributed by atoms with van der Waals surface area (Å²) in [5.41, 5.74) is 1.45. The van der Waals surface area contributed by atoms with Crippen molar-refractivity contribution in [1.82, 2.24) is 0 Å². The third-order valence-electron chi connectivity index (χ3n) is 11.1. The molecular weight excluding hydrogens is 436 g/mol. The Bertz CT molecular complexity index is 730. The van der Waals surface area contributed by atoms with Crippen molar-refractivity contribution in [3.63, 3.8) is 0 Å². The molecule has 1 aliphatic heterocycles. The Balaban J connectivity index is 0.000000182. The maximum atomic E-state index is 10.4. The highest BCUT2D eigenvalue weighted by atomic mass is 16.6. The summed E-state index contributed by atoms with van der Waals surface area (Å²) < 4.78 is 4.34. The maximum absolute atomic E-state index is 10.4. The van der Waals surface area contributed by atoms with Gasteiger partial charge in [0.2, 0.25) is 0 Å². The second kappa shape index (κ2) is 9.97. The highest BCUT2D eigenvalue weighted by molar-refractivity contribution is 5.73. The van der Waals surface area contributed by atoms with E-state index < -0.39 is 36.7 Å². The van der Waals surface area contributed by atoms with Crippen LogP contribution in [-0.4, -0.2) is 62.2 Å². The van der Waals surface area contributed by atoms with Crippen molar-refractivity contribution in [3.8, 4) is 0 Å². The number of ether oxygens (including phenoxy) is 1. The van der Waals surface area contributed by atoms with E-state index in [1.165, 1.54) is 19.3 Å². The monoisotopic (exact) mass is 482 g/mol. The molecule has 4 saturated carbocycles. The van der Waals surface area contributed by atoms with Crippen LogP contribution in [-0.2, 0) is 9.53 Å². The average Bonchev–Trinajstić information content (AvgIpc) is 3.16. The van der Waals surface area contributed by atoms with E-state index in [-0.39, 0.29) is 0 Å². The van der Waals surface area contributed by atoms with Gasteiger partial charge in [-0.2, -0.15) is 0 Å². The SMILES string of the molecule is CC[C@H]1CC[C@H]2[C@@H]3CCC4CCCC[C@]4(C)[C@H]3CC[C@]12C.O=C(O)[C@H]1OC(O)[C@H](O)[C@@H](O)[C@@H]1O. The Morgan fingerprint density at radius 1 is 0.824 bits per heavy atom. The van der Waals surface area contributed by atoms with E-state index in [9.17, 15) is 4.79 Å². The van der Waals surface area contributed by atoms with Crippen LogP contribution in [0.3, 0.4) is 0 Å². The molecule has 7 heteroatoms. The summed E-state index contributed by atoms with van der Waals surface area (Å²) in [7, 11) is 0. The van der Waals surface area contributed by atoms with E-state index in [2.05, 4.69) is 25.5 Å². The quantitative estimate of drug-likeness (QED) is 0.408. The molecule has 0 bridgehead atoms. The summed E-state index contributed by atoms with van der Waals surface area (Å²) in [6.45, 7) is 7.84. The van der Waals surface area contributed by atoms with Gasteiger partial charge in [-0.1, -0.05) is 40.0 Å². The summed E-state index contributed by atoms with van der Waals surface area (Å²) in [5, 5.41) is 44.4. The first kappa shape index (κ1) is 26.3. The van der Waals surface area contributed by atoms with E-state index in [0.717, 1.165) is 35.0 Å². The first-order valence-corrected chi connectivity index (χ1v) is 13.6. The molecule has 2 unspecified atom stereocenters. The van der Waals surface area contributed by atoms with Crippen LogP contribution in [0.5, 0.6) is 0 Å². The molecule has 7 nitrogen and oxygen atoms in total. The van der Waals surface area contributed by atoms with Gasteiger partial charge in [0.25, 0.3) is 0 Å². The lowest BCUT2D eigenvalue weighted by molar-refractivity contribution is -0.279. The molecule has 5 fully saturated rings. The fourth-order valence-corrected chi connectivity index (χ4v) is 9.14. The van der Waals surface area contributed by atoms with E-state index in [0.29, 0.717) is 5.41 Å². The zero-order valence-electron chi connectivity index (χ0n) is 21.1. The fourth-order valence-electron chi connectivity index (χ4n) is 9.14. The van der Waals surface area contributed by atoms with Gasteiger partial charge in [-0.15, -0.1) is 0 Å². The molecule has 1 saturated heterocycles. The van der Waals surface area contributed by atoms with Crippen molar-refractivity contribution < 1.29 is 35.1 Å². The molecule has 12 atom stereocenters. The van der Waals surface area contributed by atoms with Crippen molar-refractivity contribution in [2.75, 3.05) is 0 Å². The summed E-state index contributed by atoms with van der Waals surface area (Å²) >= 11 is 0. The highest BCUT2D eigenvalue weighted by Crippen LogP contribution is 2.67. The second-order valence-electron chi connectivity index (χ2n) is 12.4. The van der Waals surface area contributed by atoms with Crippen LogP contribution >= 0.6 is 0 Å². The number of hydrogen-bond donors (Lipinski definition) is 5. The lowest BCUT2D eigenvalue weighted by Gasteiger charge is -2.60. The Morgan fingerprint density at radius 2 is 1.53 bits per heavy atom. The smallest absolute Gasteiger partial charge is 0.335 e. The van der Waals surface area contributed by atoms with Crippen LogP contribution in [0.2, 0.25) is 0 Å². The standard InChI is InChI=1S/C21H36.C6H10O7/c1-4-15-9-11-18-17-10-8-16-7-5-6-13-20(16,2)19(17)12-14-21(15,18)3;7-1-2(8)4(5(10)11)13-6(12)3(1)9/h15-19H,4-14H2,1-3H3;1-4,6-9,12H,(H,10,11)/t15-,16?,17-,18-,19-,20-,21+;1-,2-,3+,4-,6?/m00/s1. The number of carboxylic acids is 1. The molecule has 0 aromatic rings. The minimum Gasteiger partial charge on any atom is -0.479 e. The van der Waals surface area contributed by atoms with Crippen LogP contribution in [0.1, 0.15) is 91.4 Å². The van der Waals surface area contributed by atoms with Gasteiger partial charge in [-0.05, 0) is 91.8 Å². The molecule has 5 N–H and O–H groups in total. The van der Waals surface area contributed by atoms with Gasteiger partial charge in [0.05, 0.1) is 0 Å². The number of carbonyl (C=O) groups is 1. The Morgan fingerprint density at radius 3 is 2.21 bits per heavy atom. The maximum Gasteiger partial charge on any atom is 0.335 e. The van der Waals surface area contributed by atoms with E-state index in [1.54, 1.807) is 51.4 Å². The van der Waals surface area contributed by atoms with Gasteiger partial charge in [-0.25, -0.2) is 4.79 Å². The summed E-state index contributed by atoms with van der Waals surface area (Å²) in [5.74, 6) is 3.88. The van der Waals surface area contributed by atoms with Crippen molar-refractivity contribution >= 4 is 5.97 Å². The predicted octanol–water partition coefficient (Wildman–Crippen LogP) is 3.32. The number of aliphatic hydroxyl groups is 4. The van der Waals surface area contributed by atoms with Crippen molar-refractivity contribution in [1.29, 1.82) is 0 Å². The minimum absolute atomic E-state index is 0.716. The van der Waals surface area contributed by atoms with E-state index in [1.807, 2.05) is 0 Å². The van der Waals surface area contributed by atoms with Gasteiger partial charge in [-0.3, -0.25) is 0 Å². The second-order valence-corrected chi connectivity index (χ2v) is 12.4. The molecule has 0 aromatic carbocycles. The zero-order chi connectivity index (χ0) is 24.8. The first-order valence-electron chi connectivity index (χ1n) is 13.6. The predicted molar refractivity (Wildman–Crippen MR) is 127 cm³/mol. The van der Waals surface area contributed by atoms with Crippen LogP contribution in [0, 0.1) is 40.4 Å². The third-order valence-corrected chi connectivity index (χ3v) is 11.1. The molecule has 34 heavy (non-hydrogen) atoms. The number of aliphatic carboxylic acids is 1. The lowest BCUT2D eigenvalue weighted by Crippen LogP contribution is -2.59. The van der Waals surface area contributed by atoms with Crippen LogP contribution < -0.4 is 0 Å². The third kappa shape index (κ3) is 4.34. The van der Waals surface area contributed by atoms with Crippen LogP contribution in [0.25, 0.3) is 0 Å². The molecule has 4 aliphatic carbocycles. The van der Waals surface area contributed by atoms with Gasteiger partial charge in [0.1, 0.15) is 18.3 Å². The molecule has 0 amide bonds. The number of fused-ring (bicyclic) bond motifs is 5. The molecular formula is C27H46O7. The summed E-state index contributed by atoms with van der Waals surface area (Å²) in [4.78, 5) is 10.4. The van der Waals surface area contributed by atoms with Gasteiger partial charge < -0.3 is 30.3 Å². The van der Waals surface area contributed by atoms with Crippen molar-refractivity contribution in [2.45, 2.75) is 122 Å². The molecule has 1 heterocycles. The lowest BCUT2D eigenvalue weighted by atomic mass is 9.45. The number of aliphatic hydroxyl groups excluding tert-OH is 4. The Hall–Kier alpha value is -0.730. The average molecular weight is 483 g/mol. The zero-order valence-corrected chi connectivity index (χ0v) is 21.1. The molecule has 0 spiro atoms.